The van der Waals surface area contributed by atoms with Crippen molar-refractivity contribution in [3.05, 3.63) is 29.3 Å². The smallest absolute Gasteiger partial charge is 0.475 e. The van der Waals surface area contributed by atoms with E-state index in [1.54, 1.807) is 4.90 Å². The molecule has 2 heterocycles. The van der Waals surface area contributed by atoms with Crippen LogP contribution in [0.5, 0.6) is 0 Å². The zero-order valence-corrected chi connectivity index (χ0v) is 27.6. The molecule has 286 valence electrons. The number of piperidine rings is 1. The van der Waals surface area contributed by atoms with E-state index in [9.17, 15) is 49.5 Å². The van der Waals surface area contributed by atoms with Crippen LogP contribution < -0.4 is 10.2 Å². The highest BCUT2D eigenvalue weighted by atomic mass is 19.4. The molecule has 2 aliphatic carbocycles. The molecule has 0 radical (unpaired) electrons. The summed E-state index contributed by atoms with van der Waals surface area (Å²) in [7, 11) is 1.96. The molecule has 5 rings (SSSR count). The van der Waals surface area contributed by atoms with E-state index in [1.807, 2.05) is 19.2 Å². The summed E-state index contributed by atoms with van der Waals surface area (Å²) in [6, 6.07) is 5.93. The molecule has 1 atom stereocenters. The summed E-state index contributed by atoms with van der Waals surface area (Å²) in [5, 5.41) is 16.6. The van der Waals surface area contributed by atoms with Gasteiger partial charge in [0.05, 0.1) is 0 Å². The third-order valence-electron chi connectivity index (χ3n) is 9.26. The molecule has 3 N–H and O–H groups in total. The maximum absolute atomic E-state index is 13.4. The Morgan fingerprint density at radius 3 is 1.92 bits per heavy atom. The Labute approximate surface area is 287 Å². The lowest BCUT2D eigenvalue weighted by Gasteiger charge is -2.41. The van der Waals surface area contributed by atoms with Crippen LogP contribution in [0.3, 0.4) is 0 Å². The van der Waals surface area contributed by atoms with Crippen molar-refractivity contribution < 1.29 is 69.3 Å². The third kappa shape index (κ3) is 12.0. The van der Waals surface area contributed by atoms with E-state index in [1.165, 1.54) is 12.8 Å². The SMILES string of the molecule is CN(CCC(F)F)C1CCC(N(CCC2CC2)c2cccc3c2CN(C2CCC(=O)NC2=O)C3=O)CC1.O=C(O)C(F)(F)F.O=C(O)C(F)(F)F. The van der Waals surface area contributed by atoms with Crippen LogP contribution in [0.2, 0.25) is 0 Å². The van der Waals surface area contributed by atoms with Gasteiger partial charge in [-0.15, -0.1) is 0 Å². The van der Waals surface area contributed by atoms with Gasteiger partial charge in [0, 0.05) is 61.4 Å². The molecule has 2 aliphatic heterocycles. The number of carboxylic acid groups (broad SMARTS) is 2. The lowest BCUT2D eigenvalue weighted by atomic mass is 9.88. The van der Waals surface area contributed by atoms with Gasteiger partial charge in [-0.2, -0.15) is 26.3 Å². The predicted octanol–water partition coefficient (Wildman–Crippen LogP) is 5.22. The zero-order chi connectivity index (χ0) is 38.3. The number of imide groups is 1. The normalized spacial score (nSPS) is 22.1. The molecular weight excluding hydrogens is 704 g/mol. The summed E-state index contributed by atoms with van der Waals surface area (Å²) in [6.07, 6.45) is -4.30. The molecule has 1 saturated heterocycles. The zero-order valence-electron chi connectivity index (χ0n) is 27.6. The Balaban J connectivity index is 0.000000424. The first-order valence-corrected chi connectivity index (χ1v) is 16.3. The second kappa shape index (κ2) is 17.5. The molecule has 1 aromatic rings. The van der Waals surface area contributed by atoms with Gasteiger partial charge in [-0.3, -0.25) is 19.7 Å². The molecule has 3 fully saturated rings. The highest BCUT2D eigenvalue weighted by Crippen LogP contribution is 2.39. The average Bonchev–Trinajstić information content (AvgIpc) is 3.81. The molecule has 4 aliphatic rings. The fourth-order valence-electron chi connectivity index (χ4n) is 6.36. The number of benzene rings is 1. The number of rotatable bonds is 10. The molecule has 0 aromatic heterocycles. The Hall–Kier alpha value is -4.03. The van der Waals surface area contributed by atoms with E-state index in [0.717, 1.165) is 55.8 Å². The number of aliphatic carboxylic acids is 2. The van der Waals surface area contributed by atoms with Crippen molar-refractivity contribution in [2.75, 3.05) is 25.0 Å². The quantitative estimate of drug-likeness (QED) is 0.217. The van der Waals surface area contributed by atoms with Crippen LogP contribution in [0.1, 0.15) is 80.1 Å². The number of carboxylic acids is 2. The van der Waals surface area contributed by atoms with Crippen LogP contribution in [0.4, 0.5) is 40.8 Å². The van der Waals surface area contributed by atoms with Crippen LogP contribution in [0.25, 0.3) is 0 Å². The number of hydrogen-bond donors (Lipinski definition) is 3. The van der Waals surface area contributed by atoms with E-state index in [-0.39, 0.29) is 30.6 Å². The number of alkyl halides is 8. The molecule has 11 nitrogen and oxygen atoms in total. The number of anilines is 1. The van der Waals surface area contributed by atoms with Crippen LogP contribution in [-0.4, -0.2) is 107 Å². The van der Waals surface area contributed by atoms with E-state index in [4.69, 9.17) is 19.8 Å². The van der Waals surface area contributed by atoms with Crippen LogP contribution in [0, 0.1) is 5.92 Å². The molecule has 51 heavy (non-hydrogen) atoms. The van der Waals surface area contributed by atoms with Crippen molar-refractivity contribution in [2.45, 2.75) is 108 Å². The average molecular weight is 745 g/mol. The van der Waals surface area contributed by atoms with Gasteiger partial charge in [0.25, 0.3) is 5.91 Å². The third-order valence-corrected chi connectivity index (χ3v) is 9.26. The summed E-state index contributed by atoms with van der Waals surface area (Å²) in [6.45, 7) is 1.73. The van der Waals surface area contributed by atoms with E-state index >= 15 is 0 Å². The molecule has 2 saturated carbocycles. The lowest BCUT2D eigenvalue weighted by Crippen LogP contribution is -2.52. The first-order valence-electron chi connectivity index (χ1n) is 16.3. The van der Waals surface area contributed by atoms with Crippen LogP contribution >= 0.6 is 0 Å². The fourth-order valence-corrected chi connectivity index (χ4v) is 6.36. The summed E-state index contributed by atoms with van der Waals surface area (Å²) >= 11 is 0. The first kappa shape index (κ1) is 41.4. The van der Waals surface area contributed by atoms with Crippen molar-refractivity contribution in [1.29, 1.82) is 0 Å². The number of carbonyl (C=O) groups is 5. The first-order chi connectivity index (χ1) is 23.7. The lowest BCUT2D eigenvalue weighted by molar-refractivity contribution is -0.193. The number of nitrogens with one attached hydrogen (secondary N) is 1. The minimum Gasteiger partial charge on any atom is -0.475 e. The molecule has 0 spiro atoms. The second-order valence-electron chi connectivity index (χ2n) is 12.9. The van der Waals surface area contributed by atoms with E-state index in [0.29, 0.717) is 37.2 Å². The number of hydrogen-bond acceptors (Lipinski definition) is 7. The van der Waals surface area contributed by atoms with Crippen molar-refractivity contribution in [2.24, 2.45) is 5.92 Å². The second-order valence-corrected chi connectivity index (χ2v) is 12.9. The molecule has 3 amide bonds. The van der Waals surface area contributed by atoms with Crippen molar-refractivity contribution >= 4 is 35.3 Å². The van der Waals surface area contributed by atoms with Gasteiger partial charge in [-0.25, -0.2) is 18.4 Å². The van der Waals surface area contributed by atoms with Gasteiger partial charge in [0.2, 0.25) is 18.2 Å². The van der Waals surface area contributed by atoms with Gasteiger partial charge in [0.1, 0.15) is 6.04 Å². The minimum absolute atomic E-state index is 0.0855. The fraction of sp³-hybridized carbons (Fsp3) is 0.656. The molecule has 1 unspecified atom stereocenters. The maximum Gasteiger partial charge on any atom is 0.490 e. The Bertz CT molecular complexity index is 1390. The van der Waals surface area contributed by atoms with E-state index in [2.05, 4.69) is 21.2 Å². The van der Waals surface area contributed by atoms with Crippen molar-refractivity contribution in [1.82, 2.24) is 15.1 Å². The number of amides is 3. The van der Waals surface area contributed by atoms with Gasteiger partial charge in [-0.1, -0.05) is 18.9 Å². The summed E-state index contributed by atoms with van der Waals surface area (Å²) < 4.78 is 88.9. The van der Waals surface area contributed by atoms with E-state index < -0.39 is 36.8 Å². The molecule has 19 heteroatoms. The summed E-state index contributed by atoms with van der Waals surface area (Å²) in [5.74, 6) is -5.55. The highest BCUT2D eigenvalue weighted by molar-refractivity contribution is 6.06. The number of halogens is 8. The minimum atomic E-state index is -5.08. The molecular formula is C32H40F8N4O7. The largest absolute Gasteiger partial charge is 0.490 e. The number of nitrogens with zero attached hydrogens (tertiary/aromatic N) is 3. The summed E-state index contributed by atoms with van der Waals surface area (Å²) in [5.41, 5.74) is 2.71. The van der Waals surface area contributed by atoms with Crippen LogP contribution in [-0.2, 0) is 25.7 Å². The number of fused-ring (bicyclic) bond motifs is 1. The topological polar surface area (TPSA) is 148 Å². The van der Waals surface area contributed by atoms with Gasteiger partial charge >= 0.3 is 24.3 Å². The Morgan fingerprint density at radius 1 is 0.882 bits per heavy atom. The van der Waals surface area contributed by atoms with Gasteiger partial charge in [-0.05, 0) is 63.6 Å². The Kier molecular flexibility index (Phi) is 14.2. The Morgan fingerprint density at radius 2 is 1.43 bits per heavy atom. The standard InChI is InChI=1S/C28H38F2N4O3.2C2HF3O2/c1-32(15-14-25(29)30)19-7-9-20(10-8-19)33(16-13-18-5-6-18)23-4-2-3-21-22(23)17-34(28(21)37)24-11-12-26(35)31-27(24)36;2*3-2(4,5)1(6)7/h2-4,18-20,24-25H,5-17H2,1H3,(H,31,35,36);2*(H,6,7). The van der Waals surface area contributed by atoms with Crippen molar-refractivity contribution in [3.8, 4) is 0 Å². The van der Waals surface area contributed by atoms with Gasteiger partial charge in [0.15, 0.2) is 0 Å². The molecule has 0 bridgehead atoms. The van der Waals surface area contributed by atoms with Gasteiger partial charge < -0.3 is 24.9 Å². The predicted molar refractivity (Wildman–Crippen MR) is 164 cm³/mol. The van der Waals surface area contributed by atoms with Crippen LogP contribution in [0.15, 0.2) is 18.2 Å². The maximum atomic E-state index is 13.4. The summed E-state index contributed by atoms with van der Waals surface area (Å²) in [4.78, 5) is 61.5. The van der Waals surface area contributed by atoms with Crippen molar-refractivity contribution in [3.63, 3.8) is 0 Å². The monoisotopic (exact) mass is 744 g/mol. The highest BCUT2D eigenvalue weighted by Gasteiger charge is 2.42. The molecule has 1 aromatic carbocycles. The number of carbonyl (C=O) groups excluding carboxylic acids is 3.